The fourth-order valence-corrected chi connectivity index (χ4v) is 3.69. The van der Waals surface area contributed by atoms with Gasteiger partial charge in [-0.25, -0.2) is 0 Å². The average Bonchev–Trinajstić information content (AvgIpc) is 3.28. The fourth-order valence-electron chi connectivity index (χ4n) is 3.43. The molecule has 2 aromatic carbocycles. The van der Waals surface area contributed by atoms with Gasteiger partial charge in [-0.2, -0.15) is 0 Å². The molecule has 0 bridgehead atoms. The molecular formula is C22H25ClN4O4. The van der Waals surface area contributed by atoms with Crippen molar-refractivity contribution in [2.45, 2.75) is 39.2 Å². The number of benzene rings is 2. The second-order valence-electron chi connectivity index (χ2n) is 7.58. The zero-order valence-corrected chi connectivity index (χ0v) is 18.2. The Morgan fingerprint density at radius 1 is 1.13 bits per heavy atom. The first-order valence-corrected chi connectivity index (χ1v) is 10.6. The Hall–Kier alpha value is -3.13. The first-order chi connectivity index (χ1) is 14.8. The van der Waals surface area contributed by atoms with E-state index in [1.54, 1.807) is 12.1 Å². The first kappa shape index (κ1) is 22.6. The van der Waals surface area contributed by atoms with Crippen LogP contribution in [0.1, 0.15) is 53.8 Å². The molecule has 0 aliphatic carbocycles. The van der Waals surface area contributed by atoms with Crippen LogP contribution in [0.3, 0.4) is 0 Å². The van der Waals surface area contributed by atoms with Crippen molar-refractivity contribution in [2.75, 3.05) is 23.3 Å². The summed E-state index contributed by atoms with van der Waals surface area (Å²) in [6, 6.07) is 8.93. The quantitative estimate of drug-likeness (QED) is 0.478. The van der Waals surface area contributed by atoms with E-state index >= 15 is 0 Å². The molecule has 0 aromatic heterocycles. The number of carbonyl (C=O) groups excluding carboxylic acids is 2. The molecule has 1 aliphatic rings. The molecule has 1 atom stereocenters. The largest absolute Gasteiger partial charge is 0.371 e. The van der Waals surface area contributed by atoms with Crippen molar-refractivity contribution < 1.29 is 14.5 Å². The van der Waals surface area contributed by atoms with Gasteiger partial charge in [0.25, 0.3) is 17.5 Å². The number of carbonyl (C=O) groups is 2. The van der Waals surface area contributed by atoms with Gasteiger partial charge in [-0.05, 0) is 50.5 Å². The standard InChI is InChI=1S/C22H25ClN4O4/c1-3-14(2)24-22(29)18-12-15(6-9-20(18)26-10-4-5-11-26)25-21(28)17-8-7-16(27(30)31)13-19(17)23/h6-9,12-14H,3-5,10-11H2,1-2H3,(H,24,29)(H,25,28)/t14-/m0/s1. The molecule has 1 aliphatic heterocycles. The topological polar surface area (TPSA) is 105 Å². The Kier molecular flexibility index (Phi) is 7.12. The molecule has 0 saturated carbocycles. The number of nitro groups is 1. The van der Waals surface area contributed by atoms with E-state index in [2.05, 4.69) is 15.5 Å². The molecule has 9 heteroatoms. The third-order valence-corrected chi connectivity index (χ3v) is 5.66. The van der Waals surface area contributed by atoms with Gasteiger partial charge in [-0.15, -0.1) is 0 Å². The van der Waals surface area contributed by atoms with Gasteiger partial charge in [0.05, 0.1) is 21.1 Å². The molecule has 3 rings (SSSR count). The highest BCUT2D eigenvalue weighted by molar-refractivity contribution is 6.34. The summed E-state index contributed by atoms with van der Waals surface area (Å²) < 4.78 is 0. The minimum atomic E-state index is -0.577. The lowest BCUT2D eigenvalue weighted by Gasteiger charge is -2.23. The van der Waals surface area contributed by atoms with Crippen molar-refractivity contribution in [3.8, 4) is 0 Å². The number of hydrogen-bond acceptors (Lipinski definition) is 5. The Morgan fingerprint density at radius 3 is 2.45 bits per heavy atom. The second-order valence-corrected chi connectivity index (χ2v) is 7.99. The molecule has 1 fully saturated rings. The maximum atomic E-state index is 12.9. The SMILES string of the molecule is CC[C@H](C)NC(=O)c1cc(NC(=O)c2ccc([N+](=O)[O-])cc2Cl)ccc1N1CCCC1. The molecule has 1 heterocycles. The van der Waals surface area contributed by atoms with Crippen LogP contribution < -0.4 is 15.5 Å². The summed E-state index contributed by atoms with van der Waals surface area (Å²) in [7, 11) is 0. The number of rotatable bonds is 7. The Morgan fingerprint density at radius 2 is 1.84 bits per heavy atom. The minimum Gasteiger partial charge on any atom is -0.371 e. The van der Waals surface area contributed by atoms with E-state index in [0.717, 1.165) is 44.1 Å². The fraction of sp³-hybridized carbons (Fsp3) is 0.364. The minimum absolute atomic E-state index is 0.0184. The van der Waals surface area contributed by atoms with Gasteiger partial charge < -0.3 is 15.5 Å². The van der Waals surface area contributed by atoms with Crippen LogP contribution in [0.25, 0.3) is 0 Å². The normalized spacial score (nSPS) is 14.2. The third kappa shape index (κ3) is 5.32. The molecule has 2 amide bonds. The Bertz CT molecular complexity index is 1010. The predicted molar refractivity (Wildman–Crippen MR) is 121 cm³/mol. The van der Waals surface area contributed by atoms with Gasteiger partial charge in [-0.3, -0.25) is 19.7 Å². The van der Waals surface area contributed by atoms with Crippen LogP contribution in [0, 0.1) is 10.1 Å². The number of halogens is 1. The Labute approximate surface area is 185 Å². The first-order valence-electron chi connectivity index (χ1n) is 10.2. The third-order valence-electron chi connectivity index (χ3n) is 5.34. The monoisotopic (exact) mass is 444 g/mol. The number of hydrogen-bond donors (Lipinski definition) is 2. The molecule has 8 nitrogen and oxygen atoms in total. The predicted octanol–water partition coefficient (Wildman–Crippen LogP) is 4.63. The van der Waals surface area contributed by atoms with Crippen molar-refractivity contribution in [1.29, 1.82) is 0 Å². The van der Waals surface area contributed by atoms with E-state index in [1.165, 1.54) is 12.1 Å². The van der Waals surface area contributed by atoms with Gasteiger partial charge in [0.15, 0.2) is 0 Å². The zero-order chi connectivity index (χ0) is 22.5. The molecule has 2 N–H and O–H groups in total. The van der Waals surface area contributed by atoms with Crippen molar-refractivity contribution in [1.82, 2.24) is 5.32 Å². The maximum Gasteiger partial charge on any atom is 0.270 e. The highest BCUT2D eigenvalue weighted by Crippen LogP contribution is 2.29. The van der Waals surface area contributed by atoms with Crippen molar-refractivity contribution in [3.63, 3.8) is 0 Å². The molecule has 31 heavy (non-hydrogen) atoms. The molecule has 1 saturated heterocycles. The van der Waals surface area contributed by atoms with Gasteiger partial charge in [0.1, 0.15) is 0 Å². The summed E-state index contributed by atoms with van der Waals surface area (Å²) in [6.07, 6.45) is 2.95. The number of anilines is 2. The Balaban J connectivity index is 1.87. The number of nitro benzene ring substituents is 1. The maximum absolute atomic E-state index is 12.9. The van der Waals surface area contributed by atoms with E-state index in [0.29, 0.717) is 11.3 Å². The smallest absolute Gasteiger partial charge is 0.270 e. The van der Waals surface area contributed by atoms with Crippen LogP contribution >= 0.6 is 11.6 Å². The van der Waals surface area contributed by atoms with Gasteiger partial charge in [-0.1, -0.05) is 18.5 Å². The van der Waals surface area contributed by atoms with Crippen molar-refractivity contribution in [3.05, 3.63) is 62.7 Å². The molecule has 0 spiro atoms. The van der Waals surface area contributed by atoms with Crippen molar-refractivity contribution >= 4 is 40.5 Å². The molecule has 0 radical (unpaired) electrons. The highest BCUT2D eigenvalue weighted by atomic mass is 35.5. The molecule has 164 valence electrons. The van der Waals surface area contributed by atoms with Gasteiger partial charge >= 0.3 is 0 Å². The van der Waals surface area contributed by atoms with Crippen molar-refractivity contribution in [2.24, 2.45) is 0 Å². The summed E-state index contributed by atoms with van der Waals surface area (Å²) in [5, 5.41) is 16.6. The van der Waals surface area contributed by atoms with Crippen LogP contribution in [0.4, 0.5) is 17.1 Å². The lowest BCUT2D eigenvalue weighted by atomic mass is 10.1. The van der Waals surface area contributed by atoms with E-state index < -0.39 is 10.8 Å². The molecule has 2 aromatic rings. The van der Waals surface area contributed by atoms with E-state index in [4.69, 9.17) is 11.6 Å². The number of amides is 2. The lowest BCUT2D eigenvalue weighted by molar-refractivity contribution is -0.384. The lowest BCUT2D eigenvalue weighted by Crippen LogP contribution is -2.33. The zero-order valence-electron chi connectivity index (χ0n) is 17.5. The van der Waals surface area contributed by atoms with Crippen LogP contribution in [-0.2, 0) is 0 Å². The van der Waals surface area contributed by atoms with Crippen LogP contribution in [0.5, 0.6) is 0 Å². The molecular weight excluding hydrogens is 420 g/mol. The summed E-state index contributed by atoms with van der Waals surface area (Å²) >= 11 is 6.06. The summed E-state index contributed by atoms with van der Waals surface area (Å²) in [5.41, 5.74) is 1.69. The number of non-ortho nitro benzene ring substituents is 1. The van der Waals surface area contributed by atoms with Gasteiger partial charge in [0, 0.05) is 42.6 Å². The highest BCUT2D eigenvalue weighted by Gasteiger charge is 2.22. The summed E-state index contributed by atoms with van der Waals surface area (Å²) in [4.78, 5) is 38.1. The van der Waals surface area contributed by atoms with Crippen LogP contribution in [-0.4, -0.2) is 35.9 Å². The number of nitrogens with one attached hydrogen (secondary N) is 2. The average molecular weight is 445 g/mol. The van der Waals surface area contributed by atoms with Crippen LogP contribution in [0.2, 0.25) is 5.02 Å². The summed E-state index contributed by atoms with van der Waals surface area (Å²) in [6.45, 7) is 5.70. The number of nitrogens with zero attached hydrogens (tertiary/aromatic N) is 2. The van der Waals surface area contributed by atoms with Crippen LogP contribution in [0.15, 0.2) is 36.4 Å². The molecule has 0 unspecified atom stereocenters. The van der Waals surface area contributed by atoms with E-state index in [9.17, 15) is 19.7 Å². The van der Waals surface area contributed by atoms with E-state index in [1.807, 2.05) is 19.9 Å². The second kappa shape index (κ2) is 9.78. The summed E-state index contributed by atoms with van der Waals surface area (Å²) in [5.74, 6) is -0.706. The van der Waals surface area contributed by atoms with Gasteiger partial charge in [0.2, 0.25) is 0 Å². The van der Waals surface area contributed by atoms with E-state index in [-0.39, 0.29) is 28.2 Å².